The molecule has 0 aliphatic heterocycles. The molecule has 3 N–H and O–H groups in total. The second-order valence-electron chi connectivity index (χ2n) is 8.24. The van der Waals surface area contributed by atoms with E-state index in [4.69, 9.17) is 0 Å². The molecule has 1 saturated carbocycles. The highest BCUT2D eigenvalue weighted by molar-refractivity contribution is 5.89. The van der Waals surface area contributed by atoms with Crippen LogP contribution in [-0.2, 0) is 0 Å². The number of anilines is 1. The molecule has 1 heterocycles. The molecular formula is C22H34N6O. The minimum Gasteiger partial charge on any atom is -0.336 e. The number of nitrogens with zero attached hydrogens (tertiary/aromatic N) is 3. The topological polar surface area (TPSA) is 85.9 Å². The number of H-pyrrole nitrogens is 1. The van der Waals surface area contributed by atoms with E-state index in [9.17, 15) is 4.79 Å². The average molecular weight is 399 g/mol. The summed E-state index contributed by atoms with van der Waals surface area (Å²) in [7, 11) is 0. The van der Waals surface area contributed by atoms with Gasteiger partial charge in [0.1, 0.15) is 5.82 Å². The maximum Gasteiger partial charge on any atom is 0.319 e. The quantitative estimate of drug-likeness (QED) is 0.559. The fourth-order valence-electron chi connectivity index (χ4n) is 3.68. The summed E-state index contributed by atoms with van der Waals surface area (Å²) in [5.41, 5.74) is 1.70. The predicted molar refractivity (Wildman–Crippen MR) is 117 cm³/mol. The zero-order valence-electron chi connectivity index (χ0n) is 18.0. The maximum absolute atomic E-state index is 12.4. The first-order valence-corrected chi connectivity index (χ1v) is 10.8. The predicted octanol–water partition coefficient (Wildman–Crippen LogP) is 4.23. The Morgan fingerprint density at radius 2 is 1.90 bits per heavy atom. The van der Waals surface area contributed by atoms with Crippen LogP contribution in [0.1, 0.15) is 58.7 Å². The molecule has 0 saturated heterocycles. The molecule has 1 atom stereocenters. The summed E-state index contributed by atoms with van der Waals surface area (Å²) in [6.45, 7) is 11.4. The lowest BCUT2D eigenvalue weighted by Crippen LogP contribution is -2.45. The SMILES string of the molecule is CCN(CC)C(CNC(=O)Nc1ccc(-c2n[nH]c(C3CC3)n2)cc1)CC(C)C. The highest BCUT2D eigenvalue weighted by Crippen LogP contribution is 2.38. The molecule has 7 heteroatoms. The van der Waals surface area contributed by atoms with Crippen molar-refractivity contribution in [2.45, 2.75) is 58.9 Å². The molecule has 2 amide bonds. The van der Waals surface area contributed by atoms with E-state index in [0.29, 0.717) is 30.2 Å². The van der Waals surface area contributed by atoms with Crippen molar-refractivity contribution in [1.29, 1.82) is 0 Å². The number of aromatic nitrogens is 3. The average Bonchev–Trinajstić information content (AvgIpc) is 3.44. The maximum atomic E-state index is 12.4. The molecule has 1 aromatic heterocycles. The summed E-state index contributed by atoms with van der Waals surface area (Å²) in [4.78, 5) is 19.3. The third-order valence-electron chi connectivity index (χ3n) is 5.44. The molecule has 3 rings (SSSR count). The molecule has 29 heavy (non-hydrogen) atoms. The van der Waals surface area contributed by atoms with Crippen LogP contribution in [0.25, 0.3) is 11.4 Å². The van der Waals surface area contributed by atoms with Crippen LogP contribution in [0.2, 0.25) is 0 Å². The first-order valence-electron chi connectivity index (χ1n) is 10.8. The molecule has 0 radical (unpaired) electrons. The van der Waals surface area contributed by atoms with Gasteiger partial charge in [-0.15, -0.1) is 0 Å². The Morgan fingerprint density at radius 1 is 1.21 bits per heavy atom. The van der Waals surface area contributed by atoms with Gasteiger partial charge < -0.3 is 10.6 Å². The molecule has 1 aromatic carbocycles. The number of amides is 2. The number of carbonyl (C=O) groups is 1. The first kappa shape index (κ1) is 21.3. The standard InChI is InChI=1S/C22H34N6O/c1-5-28(6-2)19(13-15(3)4)14-23-22(29)24-18-11-9-17(10-12-18)21-25-20(26-27-21)16-7-8-16/h9-12,15-16,19H,5-8,13-14H2,1-4H3,(H2,23,24,29)(H,25,26,27). The van der Waals surface area contributed by atoms with Crippen molar-refractivity contribution in [3.05, 3.63) is 30.1 Å². The summed E-state index contributed by atoms with van der Waals surface area (Å²) >= 11 is 0. The van der Waals surface area contributed by atoms with E-state index in [0.717, 1.165) is 36.6 Å². The number of carbonyl (C=O) groups excluding carboxylic acids is 1. The lowest BCUT2D eigenvalue weighted by Gasteiger charge is -2.31. The van der Waals surface area contributed by atoms with Crippen molar-refractivity contribution in [3.63, 3.8) is 0 Å². The van der Waals surface area contributed by atoms with Gasteiger partial charge >= 0.3 is 6.03 Å². The highest BCUT2D eigenvalue weighted by Gasteiger charge is 2.27. The van der Waals surface area contributed by atoms with Gasteiger partial charge in [0.2, 0.25) is 0 Å². The van der Waals surface area contributed by atoms with Gasteiger partial charge in [-0.05, 0) is 62.5 Å². The highest BCUT2D eigenvalue weighted by atomic mass is 16.2. The molecule has 7 nitrogen and oxygen atoms in total. The molecule has 0 spiro atoms. The van der Waals surface area contributed by atoms with E-state index >= 15 is 0 Å². The fraction of sp³-hybridized carbons (Fsp3) is 0.591. The van der Waals surface area contributed by atoms with Gasteiger partial charge in [-0.3, -0.25) is 10.00 Å². The molecule has 0 bridgehead atoms. The summed E-state index contributed by atoms with van der Waals surface area (Å²) in [5, 5.41) is 13.3. The van der Waals surface area contributed by atoms with Crippen molar-refractivity contribution in [2.24, 2.45) is 5.92 Å². The second kappa shape index (κ2) is 9.87. The van der Waals surface area contributed by atoms with Crippen molar-refractivity contribution >= 4 is 11.7 Å². The number of hydrogen-bond donors (Lipinski definition) is 3. The minimum absolute atomic E-state index is 0.174. The molecule has 158 valence electrons. The largest absolute Gasteiger partial charge is 0.336 e. The summed E-state index contributed by atoms with van der Waals surface area (Å²) in [6.07, 6.45) is 3.45. The molecular weight excluding hydrogens is 364 g/mol. The Morgan fingerprint density at radius 3 is 2.48 bits per heavy atom. The third kappa shape index (κ3) is 6.03. The number of likely N-dealkylation sites (N-methyl/N-ethyl adjacent to an activating group) is 1. The summed E-state index contributed by atoms with van der Waals surface area (Å²) < 4.78 is 0. The van der Waals surface area contributed by atoms with Gasteiger partial charge in [-0.1, -0.05) is 27.7 Å². The van der Waals surface area contributed by atoms with Crippen LogP contribution < -0.4 is 10.6 Å². The van der Waals surface area contributed by atoms with Gasteiger partial charge in [0.15, 0.2) is 5.82 Å². The number of hydrogen-bond acceptors (Lipinski definition) is 4. The number of urea groups is 1. The summed E-state index contributed by atoms with van der Waals surface area (Å²) in [5.74, 6) is 2.83. The number of aromatic amines is 1. The zero-order valence-corrected chi connectivity index (χ0v) is 18.0. The van der Waals surface area contributed by atoms with Crippen molar-refractivity contribution in [1.82, 2.24) is 25.4 Å². The van der Waals surface area contributed by atoms with Crippen molar-refractivity contribution in [3.8, 4) is 11.4 Å². The Kier molecular flexibility index (Phi) is 7.25. The van der Waals surface area contributed by atoms with E-state index in [1.54, 1.807) is 0 Å². The van der Waals surface area contributed by atoms with E-state index in [2.05, 4.69) is 58.4 Å². The van der Waals surface area contributed by atoms with Crippen molar-refractivity contribution in [2.75, 3.05) is 25.0 Å². The normalized spacial score (nSPS) is 15.0. The van der Waals surface area contributed by atoms with Gasteiger partial charge in [-0.25, -0.2) is 9.78 Å². The first-order chi connectivity index (χ1) is 14.0. The van der Waals surface area contributed by atoms with Gasteiger partial charge in [0.05, 0.1) is 0 Å². The monoisotopic (exact) mass is 398 g/mol. The van der Waals surface area contributed by atoms with Crippen LogP contribution >= 0.6 is 0 Å². The van der Waals surface area contributed by atoms with E-state index in [1.807, 2.05) is 24.3 Å². The Labute approximate surface area is 173 Å². The Balaban J connectivity index is 1.52. The smallest absolute Gasteiger partial charge is 0.319 e. The van der Waals surface area contributed by atoms with Crippen LogP contribution in [0.5, 0.6) is 0 Å². The molecule has 1 aliphatic rings. The van der Waals surface area contributed by atoms with E-state index in [1.165, 1.54) is 12.8 Å². The lowest BCUT2D eigenvalue weighted by atomic mass is 10.0. The third-order valence-corrected chi connectivity index (χ3v) is 5.44. The number of rotatable bonds is 10. The van der Waals surface area contributed by atoms with Crippen LogP contribution in [0.15, 0.2) is 24.3 Å². The van der Waals surface area contributed by atoms with Crippen LogP contribution in [0, 0.1) is 5.92 Å². The number of benzene rings is 1. The lowest BCUT2D eigenvalue weighted by molar-refractivity contribution is 0.186. The van der Waals surface area contributed by atoms with Crippen LogP contribution in [0.4, 0.5) is 10.5 Å². The molecule has 2 aromatic rings. The van der Waals surface area contributed by atoms with Gasteiger partial charge in [0.25, 0.3) is 0 Å². The molecule has 1 unspecified atom stereocenters. The van der Waals surface area contributed by atoms with Crippen molar-refractivity contribution < 1.29 is 4.79 Å². The Bertz CT molecular complexity index is 777. The minimum atomic E-state index is -0.174. The summed E-state index contributed by atoms with van der Waals surface area (Å²) in [6, 6.07) is 7.83. The van der Waals surface area contributed by atoms with E-state index in [-0.39, 0.29) is 6.03 Å². The fourth-order valence-corrected chi connectivity index (χ4v) is 3.68. The van der Waals surface area contributed by atoms with E-state index < -0.39 is 0 Å². The van der Waals surface area contributed by atoms with Crippen LogP contribution in [0.3, 0.4) is 0 Å². The molecule has 1 fully saturated rings. The van der Waals surface area contributed by atoms with Gasteiger partial charge in [-0.2, -0.15) is 5.10 Å². The van der Waals surface area contributed by atoms with Crippen LogP contribution in [-0.4, -0.2) is 51.8 Å². The molecule has 1 aliphatic carbocycles. The zero-order chi connectivity index (χ0) is 20.8. The second-order valence-corrected chi connectivity index (χ2v) is 8.24. The van der Waals surface area contributed by atoms with Gasteiger partial charge in [0, 0.05) is 29.8 Å². The number of nitrogens with one attached hydrogen (secondary N) is 3. The Hall–Kier alpha value is -2.41.